The second-order valence-corrected chi connectivity index (χ2v) is 6.41. The van der Waals surface area contributed by atoms with Gasteiger partial charge in [0.25, 0.3) is 11.8 Å². The molecule has 0 radical (unpaired) electrons. The minimum Gasteiger partial charge on any atom is -0.459 e. The summed E-state index contributed by atoms with van der Waals surface area (Å²) in [6.07, 6.45) is 1.43. The van der Waals surface area contributed by atoms with Crippen LogP contribution in [0.1, 0.15) is 20.9 Å². The molecule has 3 aromatic carbocycles. The van der Waals surface area contributed by atoms with Gasteiger partial charge in [0.2, 0.25) is 0 Å². The van der Waals surface area contributed by atoms with Gasteiger partial charge >= 0.3 is 0 Å². The summed E-state index contributed by atoms with van der Waals surface area (Å²) in [6.45, 7) is 0. The first kappa shape index (κ1) is 18.3. The Morgan fingerprint density at radius 2 is 1.34 bits per heavy atom. The Morgan fingerprint density at radius 1 is 0.621 bits per heavy atom. The average molecular weight is 382 g/mol. The van der Waals surface area contributed by atoms with Crippen molar-refractivity contribution in [1.29, 1.82) is 0 Å². The summed E-state index contributed by atoms with van der Waals surface area (Å²) in [5, 5.41) is 5.59. The summed E-state index contributed by atoms with van der Waals surface area (Å²) in [5.74, 6) is -0.422. The van der Waals surface area contributed by atoms with Crippen LogP contribution in [0, 0.1) is 0 Å². The predicted octanol–water partition coefficient (Wildman–Crippen LogP) is 5.45. The molecule has 29 heavy (non-hydrogen) atoms. The van der Waals surface area contributed by atoms with E-state index in [-0.39, 0.29) is 17.6 Å². The van der Waals surface area contributed by atoms with Crippen molar-refractivity contribution in [2.24, 2.45) is 0 Å². The van der Waals surface area contributed by atoms with Crippen LogP contribution in [-0.4, -0.2) is 11.8 Å². The molecule has 0 aliphatic heterocycles. The number of hydrogen-bond acceptors (Lipinski definition) is 3. The molecule has 0 fully saturated rings. The molecule has 0 atom stereocenters. The molecular formula is C24H18N2O3. The second-order valence-electron chi connectivity index (χ2n) is 6.41. The molecule has 4 aromatic rings. The van der Waals surface area contributed by atoms with E-state index in [2.05, 4.69) is 10.6 Å². The van der Waals surface area contributed by atoms with Crippen molar-refractivity contribution in [2.45, 2.75) is 0 Å². The number of nitrogens with one attached hydrogen (secondary N) is 2. The Balaban J connectivity index is 1.44. The number of carbonyl (C=O) groups is 2. The van der Waals surface area contributed by atoms with Crippen LogP contribution in [0.15, 0.2) is 102 Å². The van der Waals surface area contributed by atoms with E-state index in [1.54, 1.807) is 36.4 Å². The van der Waals surface area contributed by atoms with Gasteiger partial charge in [-0.15, -0.1) is 0 Å². The third kappa shape index (κ3) is 4.42. The molecule has 5 heteroatoms. The van der Waals surface area contributed by atoms with E-state index in [0.29, 0.717) is 16.9 Å². The molecule has 0 aliphatic rings. The highest BCUT2D eigenvalue weighted by atomic mass is 16.3. The van der Waals surface area contributed by atoms with Crippen LogP contribution in [0.25, 0.3) is 11.1 Å². The number of carbonyl (C=O) groups excluding carboxylic acids is 2. The maximum absolute atomic E-state index is 12.6. The maximum Gasteiger partial charge on any atom is 0.291 e. The lowest BCUT2D eigenvalue weighted by molar-refractivity contribution is 0.0993. The Kier molecular flexibility index (Phi) is 5.21. The van der Waals surface area contributed by atoms with Crippen LogP contribution in [-0.2, 0) is 0 Å². The van der Waals surface area contributed by atoms with Gasteiger partial charge in [-0.05, 0) is 53.6 Å². The summed E-state index contributed by atoms with van der Waals surface area (Å²) in [7, 11) is 0. The van der Waals surface area contributed by atoms with E-state index in [0.717, 1.165) is 11.1 Å². The summed E-state index contributed by atoms with van der Waals surface area (Å²) < 4.78 is 5.07. The first-order valence-corrected chi connectivity index (χ1v) is 9.11. The average Bonchev–Trinajstić information content (AvgIpc) is 3.30. The molecule has 5 nitrogen and oxygen atoms in total. The van der Waals surface area contributed by atoms with Crippen LogP contribution in [0.5, 0.6) is 0 Å². The first-order valence-electron chi connectivity index (χ1n) is 9.11. The SMILES string of the molecule is O=C(Nc1ccc(-c2ccccc2)cc1)c1cccc(NC(=O)c2ccco2)c1. The first-order chi connectivity index (χ1) is 14.2. The molecule has 0 saturated carbocycles. The monoisotopic (exact) mass is 382 g/mol. The third-order valence-corrected chi connectivity index (χ3v) is 4.38. The zero-order valence-corrected chi connectivity index (χ0v) is 15.5. The van der Waals surface area contributed by atoms with E-state index in [1.165, 1.54) is 6.26 Å². The fraction of sp³-hybridized carbons (Fsp3) is 0. The molecule has 0 unspecified atom stereocenters. The van der Waals surface area contributed by atoms with Crippen molar-refractivity contribution < 1.29 is 14.0 Å². The second kappa shape index (κ2) is 8.27. The summed E-state index contributed by atoms with van der Waals surface area (Å²) >= 11 is 0. The number of hydrogen-bond donors (Lipinski definition) is 2. The molecule has 0 spiro atoms. The highest BCUT2D eigenvalue weighted by Gasteiger charge is 2.11. The Morgan fingerprint density at radius 3 is 2.07 bits per heavy atom. The lowest BCUT2D eigenvalue weighted by Gasteiger charge is -2.09. The highest BCUT2D eigenvalue weighted by molar-refractivity contribution is 6.06. The lowest BCUT2D eigenvalue weighted by atomic mass is 10.1. The van der Waals surface area contributed by atoms with Gasteiger partial charge in [-0.2, -0.15) is 0 Å². The third-order valence-electron chi connectivity index (χ3n) is 4.38. The summed E-state index contributed by atoms with van der Waals surface area (Å²) in [6, 6.07) is 27.6. The van der Waals surface area contributed by atoms with E-state index in [1.807, 2.05) is 54.6 Å². The fourth-order valence-corrected chi connectivity index (χ4v) is 2.92. The highest BCUT2D eigenvalue weighted by Crippen LogP contribution is 2.21. The van der Waals surface area contributed by atoms with Gasteiger partial charge < -0.3 is 15.1 Å². The molecule has 0 bridgehead atoms. The van der Waals surface area contributed by atoms with Crippen molar-refractivity contribution in [3.05, 3.63) is 109 Å². The smallest absolute Gasteiger partial charge is 0.291 e. The van der Waals surface area contributed by atoms with Gasteiger partial charge in [0.15, 0.2) is 5.76 Å². The van der Waals surface area contributed by atoms with E-state index < -0.39 is 0 Å². The summed E-state index contributed by atoms with van der Waals surface area (Å²) in [5.41, 5.74) is 3.84. The van der Waals surface area contributed by atoms with Crippen LogP contribution < -0.4 is 10.6 Å². The maximum atomic E-state index is 12.6. The van der Waals surface area contributed by atoms with Crippen molar-refractivity contribution in [2.75, 3.05) is 10.6 Å². The zero-order valence-electron chi connectivity index (χ0n) is 15.5. The minimum absolute atomic E-state index is 0.207. The zero-order chi connectivity index (χ0) is 20.1. The lowest BCUT2D eigenvalue weighted by Crippen LogP contribution is -2.14. The number of rotatable bonds is 5. The van der Waals surface area contributed by atoms with Crippen LogP contribution in [0.3, 0.4) is 0 Å². The van der Waals surface area contributed by atoms with Gasteiger partial charge in [-0.3, -0.25) is 9.59 Å². The van der Waals surface area contributed by atoms with Crippen molar-refractivity contribution in [3.8, 4) is 11.1 Å². The Labute approximate surface area is 168 Å². The topological polar surface area (TPSA) is 71.3 Å². The van der Waals surface area contributed by atoms with E-state index >= 15 is 0 Å². The van der Waals surface area contributed by atoms with Gasteiger partial charge in [0, 0.05) is 16.9 Å². The number of furan rings is 1. The van der Waals surface area contributed by atoms with Crippen LogP contribution >= 0.6 is 0 Å². The predicted molar refractivity (Wildman–Crippen MR) is 113 cm³/mol. The van der Waals surface area contributed by atoms with Gasteiger partial charge in [-0.1, -0.05) is 48.5 Å². The van der Waals surface area contributed by atoms with Crippen molar-refractivity contribution in [3.63, 3.8) is 0 Å². The Hall–Kier alpha value is -4.12. The quantitative estimate of drug-likeness (QED) is 0.482. The van der Waals surface area contributed by atoms with Crippen molar-refractivity contribution in [1.82, 2.24) is 0 Å². The van der Waals surface area contributed by atoms with Gasteiger partial charge in [-0.25, -0.2) is 0 Å². The molecule has 1 aromatic heterocycles. The molecule has 2 amide bonds. The number of anilines is 2. The van der Waals surface area contributed by atoms with E-state index in [4.69, 9.17) is 4.42 Å². The Bertz CT molecular complexity index is 1120. The largest absolute Gasteiger partial charge is 0.459 e. The molecule has 4 rings (SSSR count). The minimum atomic E-state index is -0.371. The molecular weight excluding hydrogens is 364 g/mol. The molecule has 2 N–H and O–H groups in total. The molecule has 1 heterocycles. The normalized spacial score (nSPS) is 10.3. The number of benzene rings is 3. The molecule has 0 saturated heterocycles. The van der Waals surface area contributed by atoms with Crippen LogP contribution in [0.2, 0.25) is 0 Å². The number of amides is 2. The molecule has 142 valence electrons. The fourth-order valence-electron chi connectivity index (χ4n) is 2.92. The van der Waals surface area contributed by atoms with Gasteiger partial charge in [0.1, 0.15) is 0 Å². The summed E-state index contributed by atoms with van der Waals surface area (Å²) in [4.78, 5) is 24.7. The molecule has 0 aliphatic carbocycles. The van der Waals surface area contributed by atoms with Crippen LogP contribution in [0.4, 0.5) is 11.4 Å². The standard InChI is InChI=1S/C24H18N2O3/c27-23(25-20-13-11-18(12-14-20)17-6-2-1-3-7-17)19-8-4-9-21(16-19)26-24(28)22-10-5-15-29-22/h1-16H,(H,25,27)(H,26,28). The van der Waals surface area contributed by atoms with Gasteiger partial charge in [0.05, 0.1) is 6.26 Å². The van der Waals surface area contributed by atoms with E-state index in [9.17, 15) is 9.59 Å². The van der Waals surface area contributed by atoms with Crippen molar-refractivity contribution >= 4 is 23.2 Å².